The summed E-state index contributed by atoms with van der Waals surface area (Å²) in [4.78, 5) is 8.77. The number of anilines is 2. The maximum Gasteiger partial charge on any atom is 0.135 e. The summed E-state index contributed by atoms with van der Waals surface area (Å²) < 4.78 is 11.2. The minimum absolute atomic E-state index is 0.236. The second-order valence-corrected chi connectivity index (χ2v) is 7.23. The monoisotopic (exact) mass is 312 g/mol. The van der Waals surface area contributed by atoms with Crippen molar-refractivity contribution in [2.45, 2.75) is 52.5 Å². The van der Waals surface area contributed by atoms with Crippen LogP contribution >= 0.6 is 0 Å². The SMILES string of the molecule is CCCNc1ncnc(NC(C)CCS(C)=O)c1C(C)C. The predicted octanol–water partition coefficient (Wildman–Crippen LogP) is 2.99. The quantitative estimate of drug-likeness (QED) is 0.734. The molecule has 0 aliphatic rings. The first-order valence-corrected chi connectivity index (χ1v) is 9.33. The summed E-state index contributed by atoms with van der Waals surface area (Å²) in [6.07, 6.45) is 5.26. The molecule has 0 bridgehead atoms. The molecule has 120 valence electrons. The molecule has 0 aliphatic carbocycles. The van der Waals surface area contributed by atoms with Crippen LogP contribution in [0.5, 0.6) is 0 Å². The average molecular weight is 312 g/mol. The lowest BCUT2D eigenvalue weighted by atomic mass is 10.0. The van der Waals surface area contributed by atoms with E-state index in [0.29, 0.717) is 11.7 Å². The van der Waals surface area contributed by atoms with Gasteiger partial charge in [-0.25, -0.2) is 9.97 Å². The summed E-state index contributed by atoms with van der Waals surface area (Å²) in [5.41, 5.74) is 1.12. The highest BCUT2D eigenvalue weighted by Gasteiger charge is 2.16. The zero-order chi connectivity index (χ0) is 15.8. The molecule has 1 rings (SSSR count). The maximum atomic E-state index is 11.2. The molecule has 1 aromatic rings. The van der Waals surface area contributed by atoms with Crippen LogP contribution in [0.1, 0.15) is 52.0 Å². The van der Waals surface area contributed by atoms with Crippen molar-refractivity contribution >= 4 is 22.4 Å². The Morgan fingerprint density at radius 2 is 1.90 bits per heavy atom. The molecular weight excluding hydrogens is 284 g/mol. The molecule has 1 aromatic heterocycles. The fourth-order valence-corrected chi connectivity index (χ4v) is 2.78. The first kappa shape index (κ1) is 17.9. The number of hydrogen-bond donors (Lipinski definition) is 2. The van der Waals surface area contributed by atoms with Crippen molar-refractivity contribution in [1.82, 2.24) is 9.97 Å². The van der Waals surface area contributed by atoms with Crippen LogP contribution in [0.15, 0.2) is 6.33 Å². The smallest absolute Gasteiger partial charge is 0.135 e. The second-order valence-electron chi connectivity index (χ2n) is 5.68. The van der Waals surface area contributed by atoms with Gasteiger partial charge in [-0.1, -0.05) is 20.8 Å². The Bertz CT molecular complexity index is 465. The van der Waals surface area contributed by atoms with Crippen molar-refractivity contribution in [2.75, 3.05) is 29.2 Å². The molecule has 0 spiro atoms. The second kappa shape index (κ2) is 8.97. The standard InChI is InChI=1S/C15H28N4OS/c1-6-8-16-14-13(11(2)3)15(18-10-17-14)19-12(4)7-9-21(5)20/h10-12H,6-9H2,1-5H3,(H2,16,17,18,19). The Morgan fingerprint density at radius 1 is 1.24 bits per heavy atom. The van der Waals surface area contributed by atoms with E-state index in [4.69, 9.17) is 0 Å². The molecule has 0 aromatic carbocycles. The van der Waals surface area contributed by atoms with Crippen LogP contribution in [0, 0.1) is 0 Å². The normalized spacial score (nSPS) is 14.0. The van der Waals surface area contributed by atoms with E-state index in [-0.39, 0.29) is 6.04 Å². The van der Waals surface area contributed by atoms with Gasteiger partial charge in [0.15, 0.2) is 0 Å². The summed E-state index contributed by atoms with van der Waals surface area (Å²) in [6.45, 7) is 9.42. The molecule has 0 aliphatic heterocycles. The largest absolute Gasteiger partial charge is 0.370 e. The highest BCUT2D eigenvalue weighted by molar-refractivity contribution is 7.84. The Kier molecular flexibility index (Phi) is 7.64. The highest BCUT2D eigenvalue weighted by atomic mass is 32.2. The third-order valence-corrected chi connectivity index (χ3v) is 4.04. The molecule has 0 saturated heterocycles. The Labute approximate surface area is 130 Å². The van der Waals surface area contributed by atoms with Gasteiger partial charge in [0.25, 0.3) is 0 Å². The van der Waals surface area contributed by atoms with E-state index in [9.17, 15) is 4.21 Å². The van der Waals surface area contributed by atoms with Crippen LogP contribution in [-0.4, -0.2) is 38.8 Å². The van der Waals surface area contributed by atoms with Gasteiger partial charge in [-0.2, -0.15) is 0 Å². The Balaban J connectivity index is 2.87. The molecule has 0 saturated carbocycles. The van der Waals surface area contributed by atoms with Crippen LogP contribution in [0.3, 0.4) is 0 Å². The molecular formula is C15H28N4OS. The summed E-state index contributed by atoms with van der Waals surface area (Å²) in [5.74, 6) is 2.83. The van der Waals surface area contributed by atoms with E-state index in [0.717, 1.165) is 36.6 Å². The molecule has 2 N–H and O–H groups in total. The summed E-state index contributed by atoms with van der Waals surface area (Å²) in [5, 5.41) is 6.81. The molecule has 2 unspecified atom stereocenters. The van der Waals surface area contributed by atoms with Gasteiger partial charge in [-0.05, 0) is 25.7 Å². The van der Waals surface area contributed by atoms with Gasteiger partial charge in [0, 0.05) is 41.0 Å². The fourth-order valence-electron chi connectivity index (χ4n) is 2.09. The third-order valence-electron chi connectivity index (χ3n) is 3.23. The topological polar surface area (TPSA) is 66.9 Å². The number of nitrogens with one attached hydrogen (secondary N) is 2. The van der Waals surface area contributed by atoms with Crippen LogP contribution in [0.4, 0.5) is 11.6 Å². The molecule has 1 heterocycles. The van der Waals surface area contributed by atoms with Crippen molar-refractivity contribution in [3.05, 3.63) is 11.9 Å². The van der Waals surface area contributed by atoms with E-state index in [2.05, 4.69) is 48.3 Å². The van der Waals surface area contributed by atoms with Gasteiger partial charge >= 0.3 is 0 Å². The van der Waals surface area contributed by atoms with E-state index in [1.165, 1.54) is 0 Å². The molecule has 2 atom stereocenters. The van der Waals surface area contributed by atoms with Gasteiger partial charge in [0.2, 0.25) is 0 Å². The van der Waals surface area contributed by atoms with E-state index in [1.807, 2.05) is 0 Å². The van der Waals surface area contributed by atoms with Crippen LogP contribution in [-0.2, 0) is 10.8 Å². The molecule has 0 amide bonds. The van der Waals surface area contributed by atoms with Crippen molar-refractivity contribution in [3.8, 4) is 0 Å². The molecule has 0 radical (unpaired) electrons. The van der Waals surface area contributed by atoms with E-state index >= 15 is 0 Å². The first-order valence-electron chi connectivity index (χ1n) is 7.61. The minimum atomic E-state index is -0.752. The minimum Gasteiger partial charge on any atom is -0.370 e. The summed E-state index contributed by atoms with van der Waals surface area (Å²) in [6, 6.07) is 0.236. The first-order chi connectivity index (χ1) is 9.95. The van der Waals surface area contributed by atoms with E-state index in [1.54, 1.807) is 12.6 Å². The molecule has 0 fully saturated rings. The number of aromatic nitrogens is 2. The molecule has 6 heteroatoms. The zero-order valence-corrected chi connectivity index (χ0v) is 14.6. The van der Waals surface area contributed by atoms with Crippen molar-refractivity contribution in [3.63, 3.8) is 0 Å². The molecule has 5 nitrogen and oxygen atoms in total. The molecule has 21 heavy (non-hydrogen) atoms. The number of hydrogen-bond acceptors (Lipinski definition) is 5. The lowest BCUT2D eigenvalue weighted by molar-refractivity contribution is 0.677. The highest BCUT2D eigenvalue weighted by Crippen LogP contribution is 2.28. The van der Waals surface area contributed by atoms with Crippen molar-refractivity contribution in [2.24, 2.45) is 0 Å². The number of rotatable bonds is 9. The van der Waals surface area contributed by atoms with Gasteiger partial charge in [0.05, 0.1) is 0 Å². The van der Waals surface area contributed by atoms with Gasteiger partial charge in [0.1, 0.15) is 18.0 Å². The lowest BCUT2D eigenvalue weighted by Gasteiger charge is -2.20. The summed E-state index contributed by atoms with van der Waals surface area (Å²) in [7, 11) is -0.752. The van der Waals surface area contributed by atoms with Crippen LogP contribution < -0.4 is 10.6 Å². The summed E-state index contributed by atoms with van der Waals surface area (Å²) >= 11 is 0. The van der Waals surface area contributed by atoms with Gasteiger partial charge in [-0.15, -0.1) is 0 Å². The fraction of sp³-hybridized carbons (Fsp3) is 0.733. The maximum absolute atomic E-state index is 11.2. The third kappa shape index (κ3) is 5.99. The Hall–Kier alpha value is -1.17. The average Bonchev–Trinajstić information content (AvgIpc) is 2.42. The van der Waals surface area contributed by atoms with Crippen molar-refractivity contribution < 1.29 is 4.21 Å². The van der Waals surface area contributed by atoms with Gasteiger partial charge < -0.3 is 10.6 Å². The predicted molar refractivity (Wildman–Crippen MR) is 91.5 cm³/mol. The van der Waals surface area contributed by atoms with Gasteiger partial charge in [-0.3, -0.25) is 4.21 Å². The Morgan fingerprint density at radius 3 is 2.48 bits per heavy atom. The van der Waals surface area contributed by atoms with Crippen LogP contribution in [0.2, 0.25) is 0 Å². The lowest BCUT2D eigenvalue weighted by Crippen LogP contribution is -2.21. The number of nitrogens with zero attached hydrogens (tertiary/aromatic N) is 2. The van der Waals surface area contributed by atoms with Crippen molar-refractivity contribution in [1.29, 1.82) is 0 Å². The zero-order valence-electron chi connectivity index (χ0n) is 13.8. The van der Waals surface area contributed by atoms with Crippen LogP contribution in [0.25, 0.3) is 0 Å². The van der Waals surface area contributed by atoms with E-state index < -0.39 is 10.8 Å².